The van der Waals surface area contributed by atoms with E-state index in [-0.39, 0.29) is 17.7 Å². The van der Waals surface area contributed by atoms with Gasteiger partial charge in [0.05, 0.1) is 0 Å². The Morgan fingerprint density at radius 2 is 2.28 bits per heavy atom. The predicted molar refractivity (Wildman–Crippen MR) is 68.0 cm³/mol. The number of likely N-dealkylation sites (tertiary alicyclic amines) is 1. The summed E-state index contributed by atoms with van der Waals surface area (Å²) in [6.07, 6.45) is 2.58. The van der Waals surface area contributed by atoms with Crippen molar-refractivity contribution < 1.29 is 4.79 Å². The maximum absolute atomic E-state index is 11.7. The first-order valence-electron chi connectivity index (χ1n) is 6.33. The Balaban J connectivity index is 1.71. The molecule has 4 N–H and O–H groups in total. The van der Waals surface area contributed by atoms with Gasteiger partial charge in [-0.05, 0) is 31.8 Å². The second-order valence-electron chi connectivity index (χ2n) is 4.87. The van der Waals surface area contributed by atoms with Crippen LogP contribution in [0.4, 0.5) is 5.95 Å². The molecule has 1 amide bonds. The second-order valence-corrected chi connectivity index (χ2v) is 4.87. The van der Waals surface area contributed by atoms with Crippen LogP contribution in [0.25, 0.3) is 0 Å². The number of nitrogens with zero attached hydrogens (tertiary/aromatic N) is 3. The van der Waals surface area contributed by atoms with Gasteiger partial charge in [0.15, 0.2) is 0 Å². The van der Waals surface area contributed by atoms with Crippen LogP contribution in [0, 0.1) is 5.92 Å². The zero-order valence-electron chi connectivity index (χ0n) is 10.6. The number of rotatable bonds is 5. The molecular weight excluding hydrogens is 232 g/mol. The molecule has 7 heteroatoms. The van der Waals surface area contributed by atoms with Gasteiger partial charge in [0.2, 0.25) is 11.8 Å². The van der Waals surface area contributed by atoms with Crippen LogP contribution in [0.15, 0.2) is 0 Å². The van der Waals surface area contributed by atoms with Gasteiger partial charge in [0, 0.05) is 13.1 Å². The number of aromatic nitrogens is 3. The quantitative estimate of drug-likeness (QED) is 0.676. The highest BCUT2D eigenvalue weighted by atomic mass is 16.2. The monoisotopic (exact) mass is 252 g/mol. The number of amides is 1. The third kappa shape index (κ3) is 3.43. The van der Waals surface area contributed by atoms with Crippen LogP contribution in [0.3, 0.4) is 0 Å². The van der Waals surface area contributed by atoms with Crippen molar-refractivity contribution in [2.45, 2.75) is 19.8 Å². The average Bonchev–Trinajstić information content (AvgIpc) is 2.97. The van der Waals surface area contributed by atoms with E-state index in [1.165, 1.54) is 25.9 Å². The Morgan fingerprint density at radius 1 is 1.56 bits per heavy atom. The Labute approximate surface area is 106 Å². The molecule has 1 saturated heterocycles. The lowest BCUT2D eigenvalue weighted by Gasteiger charge is -2.20. The minimum absolute atomic E-state index is 0.0882. The van der Waals surface area contributed by atoms with Crippen molar-refractivity contribution in [3.8, 4) is 0 Å². The Hall–Kier alpha value is -1.63. The number of nitrogens with one attached hydrogen (secondary N) is 2. The highest BCUT2D eigenvalue weighted by Crippen LogP contribution is 2.09. The van der Waals surface area contributed by atoms with Gasteiger partial charge < -0.3 is 16.0 Å². The van der Waals surface area contributed by atoms with E-state index in [4.69, 9.17) is 5.73 Å². The molecule has 0 bridgehead atoms. The molecule has 2 heterocycles. The summed E-state index contributed by atoms with van der Waals surface area (Å²) in [4.78, 5) is 17.9. The van der Waals surface area contributed by atoms with E-state index >= 15 is 0 Å². The van der Waals surface area contributed by atoms with Gasteiger partial charge in [0.25, 0.3) is 5.91 Å². The van der Waals surface area contributed by atoms with Crippen LogP contribution in [0.2, 0.25) is 0 Å². The smallest absolute Gasteiger partial charge is 0.288 e. The van der Waals surface area contributed by atoms with Crippen LogP contribution >= 0.6 is 0 Å². The van der Waals surface area contributed by atoms with Gasteiger partial charge in [-0.2, -0.15) is 4.98 Å². The molecule has 1 atom stereocenters. The van der Waals surface area contributed by atoms with Gasteiger partial charge in [-0.1, -0.05) is 6.92 Å². The molecule has 1 aromatic heterocycles. The van der Waals surface area contributed by atoms with Crippen molar-refractivity contribution >= 4 is 11.9 Å². The Bertz CT molecular complexity index is 398. The minimum atomic E-state index is -0.257. The topological polar surface area (TPSA) is 99.9 Å². The fraction of sp³-hybridized carbons (Fsp3) is 0.727. The molecule has 0 spiro atoms. The van der Waals surface area contributed by atoms with Gasteiger partial charge in [-0.15, -0.1) is 5.10 Å². The summed E-state index contributed by atoms with van der Waals surface area (Å²) in [5.41, 5.74) is 5.34. The highest BCUT2D eigenvalue weighted by molar-refractivity contribution is 5.90. The number of H-pyrrole nitrogens is 1. The molecule has 7 nitrogen and oxygen atoms in total. The van der Waals surface area contributed by atoms with Gasteiger partial charge in [-0.3, -0.25) is 9.89 Å². The molecule has 1 aliphatic rings. The van der Waals surface area contributed by atoms with Crippen LogP contribution in [-0.4, -0.2) is 52.2 Å². The van der Waals surface area contributed by atoms with Crippen LogP contribution < -0.4 is 11.1 Å². The van der Waals surface area contributed by atoms with Gasteiger partial charge in [-0.25, -0.2) is 0 Å². The van der Waals surface area contributed by atoms with Gasteiger partial charge in [0.1, 0.15) is 0 Å². The summed E-state index contributed by atoms with van der Waals surface area (Å²) in [6, 6.07) is 0. The molecular formula is C11H20N6O. The van der Waals surface area contributed by atoms with Crippen molar-refractivity contribution in [2.75, 3.05) is 31.9 Å². The van der Waals surface area contributed by atoms with Crippen LogP contribution in [0.1, 0.15) is 30.4 Å². The summed E-state index contributed by atoms with van der Waals surface area (Å²) >= 11 is 0. The number of anilines is 1. The molecule has 1 aromatic rings. The number of carbonyl (C=O) groups excluding carboxylic acids is 1. The zero-order valence-corrected chi connectivity index (χ0v) is 10.6. The number of carbonyl (C=O) groups is 1. The van der Waals surface area contributed by atoms with E-state index in [1.54, 1.807) is 0 Å². The fourth-order valence-electron chi connectivity index (χ4n) is 2.20. The maximum atomic E-state index is 11.7. The summed E-state index contributed by atoms with van der Waals surface area (Å²) < 4.78 is 0. The first-order valence-corrected chi connectivity index (χ1v) is 6.33. The van der Waals surface area contributed by atoms with Crippen LogP contribution in [-0.2, 0) is 0 Å². The van der Waals surface area contributed by atoms with E-state index in [9.17, 15) is 4.79 Å². The average molecular weight is 252 g/mol. The summed E-state index contributed by atoms with van der Waals surface area (Å²) in [7, 11) is 0. The predicted octanol–water partition coefficient (Wildman–Crippen LogP) is -0.151. The van der Waals surface area contributed by atoms with Crippen molar-refractivity contribution in [3.63, 3.8) is 0 Å². The fourth-order valence-corrected chi connectivity index (χ4v) is 2.20. The minimum Gasteiger partial charge on any atom is -0.366 e. The SMILES string of the molecule is CC(CNC(=O)c1nc(N)n[nH]1)CN1CCCC1. The molecule has 0 aliphatic carbocycles. The number of nitrogens with two attached hydrogens (primary N) is 1. The Kier molecular flexibility index (Phi) is 4.14. The van der Waals surface area contributed by atoms with Crippen molar-refractivity contribution in [1.29, 1.82) is 0 Å². The van der Waals surface area contributed by atoms with Crippen molar-refractivity contribution in [3.05, 3.63) is 5.82 Å². The third-order valence-corrected chi connectivity index (χ3v) is 3.10. The standard InChI is InChI=1S/C11H20N6O/c1-8(7-17-4-2-3-5-17)6-13-10(18)9-14-11(12)16-15-9/h8H,2-7H2,1H3,(H,13,18)(H3,12,14,15,16). The lowest BCUT2D eigenvalue weighted by atomic mass is 10.1. The first kappa shape index (κ1) is 12.8. The maximum Gasteiger partial charge on any atom is 0.288 e. The number of hydrogen-bond donors (Lipinski definition) is 3. The van der Waals surface area contributed by atoms with E-state index in [0.29, 0.717) is 12.5 Å². The van der Waals surface area contributed by atoms with Crippen molar-refractivity contribution in [2.24, 2.45) is 5.92 Å². The number of aromatic amines is 1. The molecule has 2 rings (SSSR count). The summed E-state index contributed by atoms with van der Waals surface area (Å²) in [5.74, 6) is 0.422. The first-order chi connectivity index (χ1) is 8.65. The van der Waals surface area contributed by atoms with E-state index in [1.807, 2.05) is 0 Å². The largest absolute Gasteiger partial charge is 0.366 e. The highest BCUT2D eigenvalue weighted by Gasteiger charge is 2.16. The summed E-state index contributed by atoms with van der Waals surface area (Å²) in [6.45, 7) is 6.15. The molecule has 0 radical (unpaired) electrons. The molecule has 0 saturated carbocycles. The normalized spacial score (nSPS) is 17.8. The lowest BCUT2D eigenvalue weighted by molar-refractivity contribution is 0.0935. The molecule has 100 valence electrons. The zero-order chi connectivity index (χ0) is 13.0. The van der Waals surface area contributed by atoms with E-state index in [0.717, 1.165) is 6.54 Å². The van der Waals surface area contributed by atoms with E-state index < -0.39 is 0 Å². The summed E-state index contributed by atoms with van der Waals surface area (Å²) in [5, 5.41) is 8.95. The lowest BCUT2D eigenvalue weighted by Crippen LogP contribution is -2.34. The molecule has 1 fully saturated rings. The molecule has 0 aromatic carbocycles. The van der Waals surface area contributed by atoms with Gasteiger partial charge >= 0.3 is 0 Å². The third-order valence-electron chi connectivity index (χ3n) is 3.10. The Morgan fingerprint density at radius 3 is 2.89 bits per heavy atom. The molecule has 1 unspecified atom stereocenters. The molecule has 18 heavy (non-hydrogen) atoms. The van der Waals surface area contributed by atoms with E-state index in [2.05, 4.69) is 32.3 Å². The second kappa shape index (κ2) is 5.81. The number of hydrogen-bond acceptors (Lipinski definition) is 5. The molecule has 1 aliphatic heterocycles. The van der Waals surface area contributed by atoms with Crippen molar-refractivity contribution in [1.82, 2.24) is 25.4 Å². The van der Waals surface area contributed by atoms with Crippen LogP contribution in [0.5, 0.6) is 0 Å². The number of nitrogen functional groups attached to an aromatic ring is 1.